The molecule has 102 valence electrons. The molecular formula is C16H24F2. The van der Waals surface area contributed by atoms with Crippen LogP contribution < -0.4 is 0 Å². The molecule has 18 heavy (non-hydrogen) atoms. The minimum absolute atomic E-state index is 0.00763. The van der Waals surface area contributed by atoms with E-state index >= 15 is 0 Å². The lowest BCUT2D eigenvalue weighted by atomic mass is 9.94. The van der Waals surface area contributed by atoms with E-state index in [9.17, 15) is 8.78 Å². The molecule has 0 aromatic heterocycles. The highest BCUT2D eigenvalue weighted by molar-refractivity contribution is 5.46. The zero-order chi connectivity index (χ0) is 13.8. The molecule has 0 fully saturated rings. The first-order chi connectivity index (χ1) is 8.56. The number of halogens is 2. The molecule has 2 heteroatoms. The molecule has 1 aliphatic carbocycles. The fourth-order valence-corrected chi connectivity index (χ4v) is 2.56. The molecule has 1 aromatic carbocycles. The van der Waals surface area contributed by atoms with Gasteiger partial charge in [-0.1, -0.05) is 39.3 Å². The molecule has 0 N–H and O–H groups in total. The quantitative estimate of drug-likeness (QED) is 0.677. The number of aryl methyl sites for hydroxylation is 2. The predicted octanol–water partition coefficient (Wildman–Crippen LogP) is 5.40. The van der Waals surface area contributed by atoms with Crippen LogP contribution in [0, 0.1) is 6.92 Å². The van der Waals surface area contributed by atoms with E-state index in [-0.39, 0.29) is 6.42 Å². The van der Waals surface area contributed by atoms with E-state index in [1.54, 1.807) is 0 Å². The average Bonchev–Trinajstić information content (AvgIpc) is 2.69. The van der Waals surface area contributed by atoms with Crippen LogP contribution in [0.5, 0.6) is 0 Å². The number of fused-ring (bicyclic) bond motifs is 1. The van der Waals surface area contributed by atoms with Crippen molar-refractivity contribution in [2.45, 2.75) is 65.7 Å². The molecule has 0 radical (unpaired) electrons. The second kappa shape index (κ2) is 6.31. The van der Waals surface area contributed by atoms with E-state index in [1.165, 1.54) is 0 Å². The maximum atomic E-state index is 13.8. The monoisotopic (exact) mass is 254 g/mol. The van der Waals surface area contributed by atoms with Crippen molar-refractivity contribution in [2.75, 3.05) is 0 Å². The molecule has 0 spiro atoms. The fourth-order valence-electron chi connectivity index (χ4n) is 2.56. The SMILES string of the molecule is CC.CCCCc1ccc(C)c2c1C(F)(F)CC2. The molecule has 0 nitrogen and oxygen atoms in total. The first-order valence-corrected chi connectivity index (χ1v) is 7.06. The Balaban J connectivity index is 0.000000771. The Hall–Kier alpha value is -0.920. The van der Waals surface area contributed by atoms with E-state index < -0.39 is 5.92 Å². The van der Waals surface area contributed by atoms with Gasteiger partial charge in [0.15, 0.2) is 0 Å². The molecule has 2 rings (SSSR count). The summed E-state index contributed by atoms with van der Waals surface area (Å²) in [4.78, 5) is 0. The van der Waals surface area contributed by atoms with Crippen molar-refractivity contribution in [3.63, 3.8) is 0 Å². The highest BCUT2D eigenvalue weighted by Crippen LogP contribution is 2.44. The Morgan fingerprint density at radius 3 is 2.50 bits per heavy atom. The van der Waals surface area contributed by atoms with Gasteiger partial charge in [-0.2, -0.15) is 0 Å². The summed E-state index contributed by atoms with van der Waals surface area (Å²) >= 11 is 0. The first kappa shape index (κ1) is 15.1. The number of unbranched alkanes of at least 4 members (excludes halogenated alkanes) is 1. The Morgan fingerprint density at radius 1 is 1.22 bits per heavy atom. The van der Waals surface area contributed by atoms with Crippen LogP contribution in [-0.4, -0.2) is 0 Å². The number of rotatable bonds is 3. The van der Waals surface area contributed by atoms with Crippen molar-refractivity contribution < 1.29 is 8.78 Å². The second-order valence-corrected chi connectivity index (χ2v) is 4.70. The summed E-state index contributed by atoms with van der Waals surface area (Å²) in [5.74, 6) is -2.59. The molecular weight excluding hydrogens is 230 g/mol. The van der Waals surface area contributed by atoms with Crippen molar-refractivity contribution in [3.8, 4) is 0 Å². The maximum absolute atomic E-state index is 13.8. The van der Waals surface area contributed by atoms with Crippen LogP contribution in [0.4, 0.5) is 8.78 Å². The topological polar surface area (TPSA) is 0 Å². The molecule has 1 aromatic rings. The zero-order valence-electron chi connectivity index (χ0n) is 11.9. The van der Waals surface area contributed by atoms with E-state index in [2.05, 4.69) is 6.92 Å². The van der Waals surface area contributed by atoms with Gasteiger partial charge >= 0.3 is 0 Å². The Labute approximate surface area is 109 Å². The molecule has 0 heterocycles. The molecule has 0 unspecified atom stereocenters. The first-order valence-electron chi connectivity index (χ1n) is 7.06. The molecule has 0 aliphatic heterocycles. The maximum Gasteiger partial charge on any atom is 0.274 e. The summed E-state index contributed by atoms with van der Waals surface area (Å²) in [6.45, 7) is 8.02. The van der Waals surface area contributed by atoms with Gasteiger partial charge in [0.2, 0.25) is 0 Å². The summed E-state index contributed by atoms with van der Waals surface area (Å²) in [5.41, 5.74) is 3.14. The minimum atomic E-state index is -2.59. The normalized spacial score (nSPS) is 15.9. The van der Waals surface area contributed by atoms with Crippen molar-refractivity contribution >= 4 is 0 Å². The molecule has 0 saturated heterocycles. The van der Waals surface area contributed by atoms with Crippen molar-refractivity contribution in [3.05, 3.63) is 34.4 Å². The predicted molar refractivity (Wildman–Crippen MR) is 73.4 cm³/mol. The number of hydrogen-bond donors (Lipinski definition) is 0. The Morgan fingerprint density at radius 2 is 1.89 bits per heavy atom. The van der Waals surface area contributed by atoms with Crippen LogP contribution in [0.15, 0.2) is 12.1 Å². The summed E-state index contributed by atoms with van der Waals surface area (Å²) in [6.07, 6.45) is 3.36. The van der Waals surface area contributed by atoms with Crippen LogP contribution >= 0.6 is 0 Å². The second-order valence-electron chi connectivity index (χ2n) is 4.70. The number of alkyl halides is 2. The van der Waals surface area contributed by atoms with Gasteiger partial charge in [-0.3, -0.25) is 0 Å². The lowest BCUT2D eigenvalue weighted by molar-refractivity contribution is -0.00265. The smallest absolute Gasteiger partial charge is 0.201 e. The highest BCUT2D eigenvalue weighted by atomic mass is 19.3. The fraction of sp³-hybridized carbons (Fsp3) is 0.625. The Bertz CT molecular complexity index is 394. The summed E-state index contributed by atoms with van der Waals surface area (Å²) < 4.78 is 27.6. The molecule has 0 atom stereocenters. The third-order valence-corrected chi connectivity index (χ3v) is 3.49. The van der Waals surface area contributed by atoms with Crippen molar-refractivity contribution in [2.24, 2.45) is 0 Å². The van der Waals surface area contributed by atoms with Crippen LogP contribution in [-0.2, 0) is 18.8 Å². The highest BCUT2D eigenvalue weighted by Gasteiger charge is 2.41. The summed E-state index contributed by atoms with van der Waals surface area (Å²) in [6, 6.07) is 3.88. The average molecular weight is 254 g/mol. The lowest BCUT2D eigenvalue weighted by Crippen LogP contribution is -2.11. The molecule has 0 bridgehead atoms. The summed E-state index contributed by atoms with van der Waals surface area (Å²) in [7, 11) is 0. The van der Waals surface area contributed by atoms with Crippen LogP contribution in [0.2, 0.25) is 0 Å². The lowest BCUT2D eigenvalue weighted by Gasteiger charge is -2.16. The van der Waals surface area contributed by atoms with Crippen molar-refractivity contribution in [1.29, 1.82) is 0 Å². The van der Waals surface area contributed by atoms with E-state index in [4.69, 9.17) is 0 Å². The molecule has 0 saturated carbocycles. The number of benzene rings is 1. The van der Waals surface area contributed by atoms with Gasteiger partial charge in [0.05, 0.1) is 0 Å². The van der Waals surface area contributed by atoms with Crippen LogP contribution in [0.3, 0.4) is 0 Å². The van der Waals surface area contributed by atoms with E-state index in [1.807, 2.05) is 32.9 Å². The third-order valence-electron chi connectivity index (χ3n) is 3.49. The van der Waals surface area contributed by atoms with Gasteiger partial charge in [-0.25, -0.2) is 8.78 Å². The van der Waals surface area contributed by atoms with E-state index in [0.29, 0.717) is 12.0 Å². The minimum Gasteiger partial charge on any atom is -0.201 e. The van der Waals surface area contributed by atoms with Gasteiger partial charge < -0.3 is 0 Å². The van der Waals surface area contributed by atoms with Crippen LogP contribution in [0.25, 0.3) is 0 Å². The van der Waals surface area contributed by atoms with Crippen LogP contribution in [0.1, 0.15) is 62.3 Å². The van der Waals surface area contributed by atoms with Gasteiger partial charge in [0.25, 0.3) is 5.92 Å². The largest absolute Gasteiger partial charge is 0.274 e. The van der Waals surface area contributed by atoms with Gasteiger partial charge in [0.1, 0.15) is 0 Å². The zero-order valence-corrected chi connectivity index (χ0v) is 11.9. The summed E-state index contributed by atoms with van der Waals surface area (Å²) in [5, 5.41) is 0. The van der Waals surface area contributed by atoms with Crippen molar-refractivity contribution in [1.82, 2.24) is 0 Å². The third kappa shape index (κ3) is 2.90. The van der Waals surface area contributed by atoms with Gasteiger partial charge in [-0.15, -0.1) is 0 Å². The molecule has 1 aliphatic rings. The Kier molecular flexibility index (Phi) is 5.30. The standard InChI is InChI=1S/C14H18F2.C2H6/c1-3-4-5-11-7-6-10(2)12-8-9-14(15,16)13(11)12;1-2/h6-7H,3-5,8-9H2,1-2H3;1-2H3. The molecule has 0 amide bonds. The van der Waals surface area contributed by atoms with E-state index in [0.717, 1.165) is 36.0 Å². The van der Waals surface area contributed by atoms with Gasteiger partial charge in [0, 0.05) is 12.0 Å². The number of hydrogen-bond acceptors (Lipinski definition) is 0. The van der Waals surface area contributed by atoms with Gasteiger partial charge in [-0.05, 0) is 42.9 Å².